The maximum absolute atomic E-state index is 12.7. The molecular weight excluding hydrogens is 324 g/mol. The lowest BCUT2D eigenvalue weighted by Gasteiger charge is -2.11. The van der Waals surface area contributed by atoms with Crippen molar-refractivity contribution in [2.75, 3.05) is 6.61 Å². The van der Waals surface area contributed by atoms with Gasteiger partial charge >= 0.3 is 6.09 Å². The van der Waals surface area contributed by atoms with Crippen molar-refractivity contribution in [1.29, 1.82) is 0 Å². The van der Waals surface area contributed by atoms with Crippen LogP contribution in [0.4, 0.5) is 4.79 Å². The number of ether oxygens (including phenoxy) is 1. The first-order valence-electron chi connectivity index (χ1n) is 8.93. The Morgan fingerprint density at radius 1 is 0.962 bits per heavy atom. The van der Waals surface area contributed by atoms with E-state index in [0.29, 0.717) is 6.61 Å². The molecule has 0 aliphatic carbocycles. The second kappa shape index (κ2) is 6.37. The van der Waals surface area contributed by atoms with Gasteiger partial charge in [0.05, 0.1) is 17.6 Å². The van der Waals surface area contributed by atoms with Gasteiger partial charge < -0.3 is 9.30 Å². The van der Waals surface area contributed by atoms with Crippen LogP contribution in [0.5, 0.6) is 0 Å². The van der Waals surface area contributed by atoms with E-state index in [2.05, 4.69) is 48.7 Å². The smallest absolute Gasteiger partial charge is 0.419 e. The van der Waals surface area contributed by atoms with Crippen LogP contribution in [0.3, 0.4) is 0 Å². The number of aromatic nitrogens is 2. The summed E-state index contributed by atoms with van der Waals surface area (Å²) in [6, 6.07) is 18.4. The average Bonchev–Trinajstić information content (AvgIpc) is 3.12. The van der Waals surface area contributed by atoms with Crippen molar-refractivity contribution in [2.24, 2.45) is 0 Å². The van der Waals surface area contributed by atoms with E-state index in [-0.39, 0.29) is 6.09 Å². The maximum atomic E-state index is 12.7. The summed E-state index contributed by atoms with van der Waals surface area (Å²) in [6.45, 7) is 7.17. The normalized spacial score (nSPS) is 11.3. The van der Waals surface area contributed by atoms with Gasteiger partial charge in [-0.3, -0.25) is 0 Å². The molecule has 4 nitrogen and oxygen atoms in total. The van der Waals surface area contributed by atoms with Gasteiger partial charge in [-0.2, -0.15) is 0 Å². The van der Waals surface area contributed by atoms with Crippen molar-refractivity contribution in [3.63, 3.8) is 0 Å². The fraction of sp³-hybridized carbons (Fsp3) is 0.227. The first-order valence-corrected chi connectivity index (χ1v) is 8.93. The minimum Gasteiger partial charge on any atom is -0.449 e. The second-order valence-corrected chi connectivity index (χ2v) is 6.52. The number of carbonyl (C=O) groups excluding carboxylic acids is 1. The van der Waals surface area contributed by atoms with Crippen LogP contribution in [-0.4, -0.2) is 21.8 Å². The third-order valence-electron chi connectivity index (χ3n) is 5.02. The summed E-state index contributed by atoms with van der Waals surface area (Å²) < 4.78 is 9.34. The third-order valence-corrected chi connectivity index (χ3v) is 5.02. The van der Waals surface area contributed by atoms with Crippen LogP contribution < -0.4 is 0 Å². The van der Waals surface area contributed by atoms with E-state index in [1.54, 1.807) is 4.57 Å². The van der Waals surface area contributed by atoms with Gasteiger partial charge in [0.25, 0.3) is 0 Å². The SMILES string of the molecule is CCOC(=O)n1c2ccccc2c2c(C)n(Cc3ccccc3)c(C)c21. The molecule has 132 valence electrons. The van der Waals surface area contributed by atoms with Gasteiger partial charge in [0.1, 0.15) is 0 Å². The Morgan fingerprint density at radius 2 is 1.65 bits per heavy atom. The molecule has 0 saturated heterocycles. The molecule has 0 atom stereocenters. The van der Waals surface area contributed by atoms with Gasteiger partial charge in [-0.1, -0.05) is 48.5 Å². The molecule has 0 bridgehead atoms. The Kier molecular flexibility index (Phi) is 4.03. The van der Waals surface area contributed by atoms with Crippen LogP contribution in [0.1, 0.15) is 23.9 Å². The molecule has 0 aliphatic rings. The molecule has 0 saturated carbocycles. The highest BCUT2D eigenvalue weighted by molar-refractivity contribution is 6.14. The molecule has 0 aliphatic heterocycles. The summed E-state index contributed by atoms with van der Waals surface area (Å²) in [5, 5.41) is 2.21. The predicted molar refractivity (Wildman–Crippen MR) is 105 cm³/mol. The summed E-state index contributed by atoms with van der Waals surface area (Å²) >= 11 is 0. The van der Waals surface area contributed by atoms with Gasteiger partial charge in [0, 0.05) is 28.7 Å². The monoisotopic (exact) mass is 346 g/mol. The van der Waals surface area contributed by atoms with Crippen LogP contribution in [0.25, 0.3) is 21.8 Å². The van der Waals surface area contributed by atoms with E-state index >= 15 is 0 Å². The zero-order valence-corrected chi connectivity index (χ0v) is 15.3. The number of hydrogen-bond acceptors (Lipinski definition) is 2. The van der Waals surface area contributed by atoms with E-state index in [4.69, 9.17) is 4.74 Å². The molecule has 0 N–H and O–H groups in total. The van der Waals surface area contributed by atoms with Crippen molar-refractivity contribution < 1.29 is 9.53 Å². The van der Waals surface area contributed by atoms with Gasteiger partial charge in [-0.25, -0.2) is 9.36 Å². The summed E-state index contributed by atoms with van der Waals surface area (Å²) in [4.78, 5) is 12.7. The zero-order valence-electron chi connectivity index (χ0n) is 15.3. The van der Waals surface area contributed by atoms with Gasteiger partial charge in [-0.05, 0) is 32.4 Å². The zero-order chi connectivity index (χ0) is 18.3. The summed E-state index contributed by atoms with van der Waals surface area (Å²) in [7, 11) is 0. The lowest BCUT2D eigenvalue weighted by atomic mass is 10.2. The molecule has 26 heavy (non-hydrogen) atoms. The lowest BCUT2D eigenvalue weighted by Crippen LogP contribution is -2.14. The van der Waals surface area contributed by atoms with Crippen LogP contribution in [0.15, 0.2) is 54.6 Å². The lowest BCUT2D eigenvalue weighted by molar-refractivity contribution is 0.156. The number of fused-ring (bicyclic) bond motifs is 3. The number of benzene rings is 2. The van der Waals surface area contributed by atoms with Crippen molar-refractivity contribution in [3.05, 3.63) is 71.5 Å². The average molecular weight is 346 g/mol. The van der Waals surface area contributed by atoms with Crippen LogP contribution >= 0.6 is 0 Å². The molecule has 0 unspecified atom stereocenters. The molecule has 0 fully saturated rings. The first-order chi connectivity index (χ1) is 12.6. The largest absolute Gasteiger partial charge is 0.449 e. The highest BCUT2D eigenvalue weighted by atomic mass is 16.5. The molecule has 4 heteroatoms. The molecule has 0 amide bonds. The Hall–Kier alpha value is -3.01. The summed E-state index contributed by atoms with van der Waals surface area (Å²) in [5.74, 6) is 0. The minimum atomic E-state index is -0.321. The van der Waals surface area contributed by atoms with Gasteiger partial charge in [0.15, 0.2) is 0 Å². The fourth-order valence-electron chi connectivity index (χ4n) is 3.84. The van der Waals surface area contributed by atoms with E-state index in [0.717, 1.165) is 34.0 Å². The molecule has 2 heterocycles. The molecule has 0 radical (unpaired) electrons. The Morgan fingerprint density at radius 3 is 2.38 bits per heavy atom. The molecule has 4 aromatic rings. The number of hydrogen-bond donors (Lipinski definition) is 0. The number of nitrogens with zero attached hydrogens (tertiary/aromatic N) is 2. The van der Waals surface area contributed by atoms with Crippen molar-refractivity contribution in [2.45, 2.75) is 27.3 Å². The number of carbonyl (C=O) groups is 1. The third kappa shape index (κ3) is 2.41. The van der Waals surface area contributed by atoms with Crippen LogP contribution in [-0.2, 0) is 11.3 Å². The van der Waals surface area contributed by atoms with Crippen LogP contribution in [0, 0.1) is 13.8 Å². The fourth-order valence-corrected chi connectivity index (χ4v) is 3.84. The molecular formula is C22H22N2O2. The highest BCUT2D eigenvalue weighted by Gasteiger charge is 2.23. The number of aryl methyl sites for hydroxylation is 2. The van der Waals surface area contributed by atoms with Crippen molar-refractivity contribution >= 4 is 27.9 Å². The van der Waals surface area contributed by atoms with E-state index in [1.807, 2.05) is 31.2 Å². The number of rotatable bonds is 3. The first kappa shape index (κ1) is 16.5. The summed E-state index contributed by atoms with van der Waals surface area (Å²) in [6.07, 6.45) is -0.321. The van der Waals surface area contributed by atoms with E-state index in [1.165, 1.54) is 11.3 Å². The minimum absolute atomic E-state index is 0.321. The molecule has 2 aromatic carbocycles. The van der Waals surface area contributed by atoms with Crippen molar-refractivity contribution in [3.8, 4) is 0 Å². The highest BCUT2D eigenvalue weighted by Crippen LogP contribution is 2.36. The van der Waals surface area contributed by atoms with Gasteiger partial charge in [0.2, 0.25) is 0 Å². The van der Waals surface area contributed by atoms with E-state index < -0.39 is 0 Å². The quantitative estimate of drug-likeness (QED) is 0.507. The molecule has 4 rings (SSSR count). The maximum Gasteiger partial charge on any atom is 0.419 e. The standard InChI is InChI=1S/C22H22N2O2/c1-4-26-22(25)24-19-13-9-8-12-18(19)20-15(2)23(16(3)21(20)24)14-17-10-6-5-7-11-17/h5-13H,4,14H2,1-3H3. The Balaban J connectivity index is 2.00. The Labute approximate surface area is 152 Å². The topological polar surface area (TPSA) is 36.2 Å². The molecule has 0 spiro atoms. The van der Waals surface area contributed by atoms with E-state index in [9.17, 15) is 4.79 Å². The second-order valence-electron chi connectivity index (χ2n) is 6.52. The van der Waals surface area contributed by atoms with Gasteiger partial charge in [-0.15, -0.1) is 0 Å². The summed E-state index contributed by atoms with van der Waals surface area (Å²) in [5.41, 5.74) is 5.32. The van der Waals surface area contributed by atoms with Crippen LogP contribution in [0.2, 0.25) is 0 Å². The Bertz CT molecular complexity index is 1100. The number of para-hydroxylation sites is 1. The predicted octanol–water partition coefficient (Wildman–Crippen LogP) is 5.27. The molecule has 2 aromatic heterocycles. The van der Waals surface area contributed by atoms with Crippen molar-refractivity contribution in [1.82, 2.24) is 9.13 Å².